The van der Waals surface area contributed by atoms with Crippen LogP contribution in [-0.2, 0) is 0 Å². The van der Waals surface area contributed by atoms with Crippen molar-refractivity contribution >= 4 is 0 Å². The monoisotopic (exact) mass is 257 g/mol. The molecule has 0 rings (SSSR count). The second-order valence-electron chi connectivity index (χ2n) is 6.31. The first-order valence-electron chi connectivity index (χ1n) is 8.09. The Bertz CT molecular complexity index is 166. The third-order valence-corrected chi connectivity index (χ3v) is 3.81. The SMILES string of the molecule is CCCCCCCCC[N+](C)(C)CCCCNC. The predicted molar refractivity (Wildman–Crippen MR) is 83.0 cm³/mol. The number of hydrogen-bond acceptors (Lipinski definition) is 1. The minimum absolute atomic E-state index is 1.16. The van der Waals surface area contributed by atoms with Crippen molar-refractivity contribution in [2.45, 2.75) is 64.7 Å². The number of nitrogens with zero attached hydrogens (tertiary/aromatic N) is 1. The van der Waals surface area contributed by atoms with Crippen LogP contribution in [0.4, 0.5) is 0 Å². The van der Waals surface area contributed by atoms with Gasteiger partial charge in [-0.05, 0) is 39.3 Å². The Balaban J connectivity index is 3.34. The lowest BCUT2D eigenvalue weighted by Crippen LogP contribution is -2.41. The molecule has 0 amide bonds. The van der Waals surface area contributed by atoms with E-state index in [2.05, 4.69) is 26.3 Å². The molecule has 0 spiro atoms. The van der Waals surface area contributed by atoms with E-state index in [0.717, 1.165) is 6.54 Å². The maximum absolute atomic E-state index is 3.22. The van der Waals surface area contributed by atoms with Gasteiger partial charge in [-0.1, -0.05) is 39.0 Å². The van der Waals surface area contributed by atoms with Crippen molar-refractivity contribution in [3.8, 4) is 0 Å². The zero-order chi connectivity index (χ0) is 13.7. The lowest BCUT2D eigenvalue weighted by Gasteiger charge is -2.30. The molecule has 0 fully saturated rings. The lowest BCUT2D eigenvalue weighted by atomic mass is 10.1. The second-order valence-corrected chi connectivity index (χ2v) is 6.31. The first-order chi connectivity index (χ1) is 8.62. The summed E-state index contributed by atoms with van der Waals surface area (Å²) < 4.78 is 1.21. The molecule has 0 aliphatic rings. The van der Waals surface area contributed by atoms with E-state index in [0.29, 0.717) is 0 Å². The van der Waals surface area contributed by atoms with Gasteiger partial charge in [0.1, 0.15) is 0 Å². The molecule has 0 unspecified atom stereocenters. The Morgan fingerprint density at radius 3 is 1.78 bits per heavy atom. The van der Waals surface area contributed by atoms with Crippen LogP contribution in [0, 0.1) is 0 Å². The Labute approximate surface area is 116 Å². The van der Waals surface area contributed by atoms with Crippen molar-refractivity contribution in [2.75, 3.05) is 40.8 Å². The summed E-state index contributed by atoms with van der Waals surface area (Å²) in [6.45, 7) is 6.14. The van der Waals surface area contributed by atoms with E-state index >= 15 is 0 Å². The highest BCUT2D eigenvalue weighted by atomic mass is 15.3. The van der Waals surface area contributed by atoms with E-state index in [1.807, 2.05) is 7.05 Å². The van der Waals surface area contributed by atoms with E-state index in [9.17, 15) is 0 Å². The Morgan fingerprint density at radius 1 is 0.722 bits per heavy atom. The van der Waals surface area contributed by atoms with Crippen LogP contribution in [-0.4, -0.2) is 45.3 Å². The molecule has 2 heteroatoms. The fraction of sp³-hybridized carbons (Fsp3) is 1.00. The third-order valence-electron chi connectivity index (χ3n) is 3.81. The molecule has 0 aromatic carbocycles. The predicted octanol–water partition coefficient (Wildman–Crippen LogP) is 3.81. The fourth-order valence-electron chi connectivity index (χ4n) is 2.45. The topological polar surface area (TPSA) is 12.0 Å². The molecule has 0 aliphatic heterocycles. The van der Waals surface area contributed by atoms with Crippen LogP contribution < -0.4 is 5.32 Å². The molecule has 110 valence electrons. The van der Waals surface area contributed by atoms with Crippen LogP contribution in [0.5, 0.6) is 0 Å². The number of hydrogen-bond donors (Lipinski definition) is 1. The minimum atomic E-state index is 1.16. The smallest absolute Gasteiger partial charge is 0.0782 e. The van der Waals surface area contributed by atoms with Crippen LogP contribution in [0.15, 0.2) is 0 Å². The highest BCUT2D eigenvalue weighted by molar-refractivity contribution is 4.47. The van der Waals surface area contributed by atoms with E-state index in [1.54, 1.807) is 0 Å². The first-order valence-corrected chi connectivity index (χ1v) is 8.09. The summed E-state index contributed by atoms with van der Waals surface area (Å²) in [5.74, 6) is 0. The molecule has 0 saturated carbocycles. The largest absolute Gasteiger partial charge is 0.328 e. The average Bonchev–Trinajstić information content (AvgIpc) is 2.34. The van der Waals surface area contributed by atoms with Gasteiger partial charge in [-0.25, -0.2) is 0 Å². The van der Waals surface area contributed by atoms with Gasteiger partial charge in [-0.2, -0.15) is 0 Å². The van der Waals surface area contributed by atoms with Gasteiger partial charge in [0.2, 0.25) is 0 Å². The molecule has 0 aliphatic carbocycles. The fourth-order valence-corrected chi connectivity index (χ4v) is 2.45. The first kappa shape index (κ1) is 17.9. The summed E-state index contributed by atoms with van der Waals surface area (Å²) in [6, 6.07) is 0. The van der Waals surface area contributed by atoms with Gasteiger partial charge in [0.05, 0.1) is 27.2 Å². The molecule has 0 bridgehead atoms. The molecule has 0 aromatic rings. The Hall–Kier alpha value is -0.0800. The zero-order valence-electron chi connectivity index (χ0n) is 13.4. The van der Waals surface area contributed by atoms with Gasteiger partial charge in [0, 0.05) is 0 Å². The minimum Gasteiger partial charge on any atom is -0.328 e. The molecule has 0 aromatic heterocycles. The Kier molecular flexibility index (Phi) is 11.9. The molecule has 0 atom stereocenters. The van der Waals surface area contributed by atoms with Crippen molar-refractivity contribution < 1.29 is 4.48 Å². The molecular weight excluding hydrogens is 220 g/mol. The average molecular weight is 257 g/mol. The number of quaternary nitrogens is 1. The van der Waals surface area contributed by atoms with Crippen LogP contribution in [0.3, 0.4) is 0 Å². The van der Waals surface area contributed by atoms with Crippen LogP contribution >= 0.6 is 0 Å². The summed E-state index contributed by atoms with van der Waals surface area (Å²) in [5, 5.41) is 3.22. The van der Waals surface area contributed by atoms with Crippen LogP contribution in [0.1, 0.15) is 64.7 Å². The van der Waals surface area contributed by atoms with Gasteiger partial charge < -0.3 is 9.80 Å². The zero-order valence-corrected chi connectivity index (χ0v) is 13.4. The molecular formula is C16H37N2+. The van der Waals surface area contributed by atoms with Gasteiger partial charge >= 0.3 is 0 Å². The molecule has 0 saturated heterocycles. The van der Waals surface area contributed by atoms with Crippen molar-refractivity contribution in [3.63, 3.8) is 0 Å². The number of unbranched alkanes of at least 4 members (excludes halogenated alkanes) is 7. The summed E-state index contributed by atoms with van der Waals surface area (Å²) in [6.07, 6.45) is 12.6. The van der Waals surface area contributed by atoms with Gasteiger partial charge in [-0.15, -0.1) is 0 Å². The molecule has 18 heavy (non-hydrogen) atoms. The summed E-state index contributed by atoms with van der Waals surface area (Å²) in [7, 11) is 6.81. The maximum atomic E-state index is 3.22. The van der Waals surface area contributed by atoms with Gasteiger partial charge in [-0.3, -0.25) is 0 Å². The molecule has 1 N–H and O–H groups in total. The molecule has 0 radical (unpaired) electrons. The lowest BCUT2D eigenvalue weighted by molar-refractivity contribution is -0.890. The van der Waals surface area contributed by atoms with Crippen molar-refractivity contribution in [2.24, 2.45) is 0 Å². The molecule has 0 heterocycles. The standard InChI is InChI=1S/C16H37N2/c1-5-6-7-8-9-10-12-15-18(3,4)16-13-11-14-17-2/h17H,5-16H2,1-4H3/q+1. The normalized spacial score (nSPS) is 12.0. The summed E-state index contributed by atoms with van der Waals surface area (Å²) in [4.78, 5) is 0. The van der Waals surface area contributed by atoms with Crippen LogP contribution in [0.2, 0.25) is 0 Å². The quantitative estimate of drug-likeness (QED) is 0.391. The molecule has 2 nitrogen and oxygen atoms in total. The third kappa shape index (κ3) is 12.4. The van der Waals surface area contributed by atoms with Gasteiger partial charge in [0.15, 0.2) is 0 Å². The number of nitrogens with one attached hydrogen (secondary N) is 1. The second kappa shape index (κ2) is 12.0. The maximum Gasteiger partial charge on any atom is 0.0782 e. The Morgan fingerprint density at radius 2 is 1.22 bits per heavy atom. The van der Waals surface area contributed by atoms with Crippen LogP contribution in [0.25, 0.3) is 0 Å². The van der Waals surface area contributed by atoms with E-state index in [4.69, 9.17) is 0 Å². The summed E-state index contributed by atoms with van der Waals surface area (Å²) in [5.41, 5.74) is 0. The van der Waals surface area contributed by atoms with Gasteiger partial charge in [0.25, 0.3) is 0 Å². The van der Waals surface area contributed by atoms with Crippen molar-refractivity contribution in [1.29, 1.82) is 0 Å². The highest BCUT2D eigenvalue weighted by Gasteiger charge is 2.13. The highest BCUT2D eigenvalue weighted by Crippen LogP contribution is 2.10. The van der Waals surface area contributed by atoms with Crippen molar-refractivity contribution in [3.05, 3.63) is 0 Å². The number of rotatable bonds is 13. The van der Waals surface area contributed by atoms with Crippen molar-refractivity contribution in [1.82, 2.24) is 5.32 Å². The van der Waals surface area contributed by atoms with E-state index in [-0.39, 0.29) is 0 Å². The van der Waals surface area contributed by atoms with E-state index in [1.165, 1.54) is 75.4 Å². The summed E-state index contributed by atoms with van der Waals surface area (Å²) >= 11 is 0. The van der Waals surface area contributed by atoms with E-state index < -0.39 is 0 Å².